The second-order valence-electron chi connectivity index (χ2n) is 16.3. The zero-order valence-corrected chi connectivity index (χ0v) is 34.0. The molecule has 2 aromatic heterocycles. The van der Waals surface area contributed by atoms with Crippen molar-refractivity contribution in [2.75, 3.05) is 0 Å². The van der Waals surface area contributed by atoms with E-state index in [1.807, 2.05) is 60.7 Å². The first-order chi connectivity index (χ1) is 31.2. The van der Waals surface area contributed by atoms with Crippen LogP contribution in [0.15, 0.2) is 218 Å². The zero-order valence-electron chi connectivity index (χ0n) is 34.0. The molecular weight excluding hydrogens is 769 g/mol. The van der Waals surface area contributed by atoms with Crippen LogP contribution in [0.25, 0.3) is 83.9 Å². The molecule has 13 rings (SSSR count). The fraction of sp³-hybridized carbons (Fsp3) is 0.0172. The lowest BCUT2D eigenvalue weighted by Gasteiger charge is -2.40. The van der Waals surface area contributed by atoms with E-state index in [4.69, 9.17) is 19.7 Å². The van der Waals surface area contributed by atoms with Gasteiger partial charge in [0.15, 0.2) is 17.5 Å². The molecule has 1 unspecified atom stereocenters. The molecule has 2 aliphatic rings. The van der Waals surface area contributed by atoms with Crippen LogP contribution < -0.4 is 4.74 Å². The van der Waals surface area contributed by atoms with Gasteiger partial charge in [0.25, 0.3) is 0 Å². The van der Waals surface area contributed by atoms with Crippen LogP contribution in [0.2, 0.25) is 0 Å². The molecule has 5 nitrogen and oxygen atoms in total. The van der Waals surface area contributed by atoms with Crippen molar-refractivity contribution in [3.8, 4) is 73.6 Å². The Bertz CT molecular complexity index is 3540. The van der Waals surface area contributed by atoms with E-state index in [0.29, 0.717) is 17.5 Å². The van der Waals surface area contributed by atoms with Gasteiger partial charge in [0, 0.05) is 49.8 Å². The topological polar surface area (TPSA) is 52.8 Å². The Morgan fingerprint density at radius 2 is 0.952 bits per heavy atom. The number of hydrogen-bond donors (Lipinski definition) is 0. The van der Waals surface area contributed by atoms with Gasteiger partial charge in [-0.15, -0.1) is 0 Å². The Labute approximate surface area is 364 Å². The number of hydrogen-bond acceptors (Lipinski definition) is 4. The maximum Gasteiger partial charge on any atom is 0.164 e. The minimum absolute atomic E-state index is 0.611. The summed E-state index contributed by atoms with van der Waals surface area (Å²) >= 11 is 0. The lowest BCUT2D eigenvalue weighted by atomic mass is 9.65. The number of para-hydroxylation sites is 2. The van der Waals surface area contributed by atoms with E-state index in [9.17, 15) is 0 Å². The molecule has 1 spiro atoms. The Morgan fingerprint density at radius 3 is 1.70 bits per heavy atom. The van der Waals surface area contributed by atoms with Crippen molar-refractivity contribution >= 4 is 21.8 Å². The molecular formula is C58H36N4O. The van der Waals surface area contributed by atoms with E-state index in [1.165, 1.54) is 33.0 Å². The minimum Gasteiger partial charge on any atom is -0.457 e. The lowest BCUT2D eigenvalue weighted by Crippen LogP contribution is -2.32. The number of benzene rings is 9. The normalized spacial score (nSPS) is 14.5. The molecule has 9 aromatic carbocycles. The quantitative estimate of drug-likeness (QED) is 0.174. The highest BCUT2D eigenvalue weighted by molar-refractivity contribution is 6.14. The molecule has 0 saturated carbocycles. The molecule has 0 saturated heterocycles. The van der Waals surface area contributed by atoms with E-state index < -0.39 is 5.41 Å². The predicted molar refractivity (Wildman–Crippen MR) is 253 cm³/mol. The van der Waals surface area contributed by atoms with Crippen LogP contribution in [-0.4, -0.2) is 19.5 Å². The van der Waals surface area contributed by atoms with Crippen LogP contribution in [0.1, 0.15) is 22.3 Å². The Kier molecular flexibility index (Phi) is 7.75. The van der Waals surface area contributed by atoms with Gasteiger partial charge in [0.2, 0.25) is 0 Å². The summed E-state index contributed by atoms with van der Waals surface area (Å²) in [7, 11) is 0. The lowest BCUT2D eigenvalue weighted by molar-refractivity contribution is 0.437. The van der Waals surface area contributed by atoms with Crippen molar-refractivity contribution in [1.82, 2.24) is 19.5 Å². The van der Waals surface area contributed by atoms with Crippen LogP contribution in [0.5, 0.6) is 11.5 Å². The average Bonchev–Trinajstić information content (AvgIpc) is 3.86. The Morgan fingerprint density at radius 1 is 0.365 bits per heavy atom. The largest absolute Gasteiger partial charge is 0.457 e. The summed E-state index contributed by atoms with van der Waals surface area (Å²) in [4.78, 5) is 15.3. The second kappa shape index (κ2) is 13.8. The van der Waals surface area contributed by atoms with E-state index in [-0.39, 0.29) is 0 Å². The highest BCUT2D eigenvalue weighted by Crippen LogP contribution is 2.64. The first kappa shape index (κ1) is 35.4. The molecule has 0 radical (unpaired) electrons. The maximum absolute atomic E-state index is 6.89. The molecule has 0 amide bonds. The van der Waals surface area contributed by atoms with Crippen molar-refractivity contribution < 1.29 is 4.74 Å². The average molecular weight is 805 g/mol. The predicted octanol–water partition coefficient (Wildman–Crippen LogP) is 14.1. The summed E-state index contributed by atoms with van der Waals surface area (Å²) in [5.74, 6) is 3.59. The molecule has 5 heteroatoms. The first-order valence-electron chi connectivity index (χ1n) is 21.4. The van der Waals surface area contributed by atoms with E-state index in [1.54, 1.807) is 0 Å². The summed E-state index contributed by atoms with van der Waals surface area (Å²) in [5, 5.41) is 2.37. The molecule has 0 bridgehead atoms. The van der Waals surface area contributed by atoms with Gasteiger partial charge in [0.05, 0.1) is 16.4 Å². The number of nitrogens with zero attached hydrogens (tertiary/aromatic N) is 4. The molecule has 63 heavy (non-hydrogen) atoms. The van der Waals surface area contributed by atoms with E-state index in [2.05, 4.69) is 162 Å². The summed E-state index contributed by atoms with van der Waals surface area (Å²) < 4.78 is 9.36. The van der Waals surface area contributed by atoms with Gasteiger partial charge >= 0.3 is 0 Å². The van der Waals surface area contributed by atoms with Crippen molar-refractivity contribution in [3.05, 3.63) is 241 Å². The summed E-state index contributed by atoms with van der Waals surface area (Å²) in [6, 6.07) is 77.4. The molecule has 1 aliphatic carbocycles. The molecule has 1 atom stereocenters. The summed E-state index contributed by atoms with van der Waals surface area (Å²) in [6.07, 6.45) is 0. The fourth-order valence-corrected chi connectivity index (χ4v) is 10.2. The zero-order chi connectivity index (χ0) is 41.5. The third-order valence-electron chi connectivity index (χ3n) is 12.9. The minimum atomic E-state index is -0.715. The van der Waals surface area contributed by atoms with Crippen LogP contribution in [0.3, 0.4) is 0 Å². The summed E-state index contributed by atoms with van der Waals surface area (Å²) in [5.41, 5.74) is 14.8. The van der Waals surface area contributed by atoms with Crippen molar-refractivity contribution in [2.24, 2.45) is 0 Å². The van der Waals surface area contributed by atoms with Crippen LogP contribution >= 0.6 is 0 Å². The summed E-state index contributed by atoms with van der Waals surface area (Å²) in [6.45, 7) is 0. The van der Waals surface area contributed by atoms with Crippen LogP contribution in [-0.2, 0) is 5.41 Å². The number of ether oxygens (including phenoxy) is 1. The number of aromatic nitrogens is 4. The van der Waals surface area contributed by atoms with Gasteiger partial charge in [-0.1, -0.05) is 182 Å². The molecule has 0 fully saturated rings. The third-order valence-corrected chi connectivity index (χ3v) is 12.9. The van der Waals surface area contributed by atoms with Crippen LogP contribution in [0.4, 0.5) is 0 Å². The van der Waals surface area contributed by atoms with Gasteiger partial charge in [0.1, 0.15) is 11.5 Å². The molecule has 1 aliphatic heterocycles. The van der Waals surface area contributed by atoms with E-state index in [0.717, 1.165) is 67.2 Å². The molecule has 294 valence electrons. The fourth-order valence-electron chi connectivity index (χ4n) is 10.2. The highest BCUT2D eigenvalue weighted by Gasteiger charge is 2.52. The van der Waals surface area contributed by atoms with Crippen molar-refractivity contribution in [2.45, 2.75) is 5.41 Å². The Balaban J connectivity index is 1.12. The van der Waals surface area contributed by atoms with Gasteiger partial charge in [-0.3, -0.25) is 0 Å². The number of rotatable bonds is 5. The molecule has 11 aromatic rings. The first-order valence-corrected chi connectivity index (χ1v) is 21.4. The monoisotopic (exact) mass is 804 g/mol. The number of fused-ring (bicyclic) bond motifs is 13. The van der Waals surface area contributed by atoms with Gasteiger partial charge in [-0.25, -0.2) is 15.0 Å². The SMILES string of the molecule is c1ccc(-c2ccc3c(c2)C2(c4ccccc4O3)c3ccccc3-c3ccc4c5ccccc5n(-c5cccc(-c6nc(-c7ccccc7)nc(-c7ccccc7)n6)c5)c4c32)cc1. The van der Waals surface area contributed by atoms with Crippen LogP contribution in [0, 0.1) is 0 Å². The van der Waals surface area contributed by atoms with E-state index >= 15 is 0 Å². The molecule has 0 N–H and O–H groups in total. The van der Waals surface area contributed by atoms with Crippen molar-refractivity contribution in [3.63, 3.8) is 0 Å². The third kappa shape index (κ3) is 5.27. The van der Waals surface area contributed by atoms with Crippen molar-refractivity contribution in [1.29, 1.82) is 0 Å². The van der Waals surface area contributed by atoms with Gasteiger partial charge in [-0.2, -0.15) is 0 Å². The Hall–Kier alpha value is -8.41. The van der Waals surface area contributed by atoms with Gasteiger partial charge < -0.3 is 9.30 Å². The second-order valence-corrected chi connectivity index (χ2v) is 16.3. The van der Waals surface area contributed by atoms with Gasteiger partial charge in [-0.05, 0) is 64.2 Å². The molecule has 3 heterocycles. The maximum atomic E-state index is 6.89. The highest BCUT2D eigenvalue weighted by atomic mass is 16.5. The smallest absolute Gasteiger partial charge is 0.164 e. The standard InChI is InChI=1S/C58H36N4O/c1-4-17-37(18-5-1)40-31-34-52-49(36-40)58(48-28-13-15-30-51(48)63-52)47-27-12-10-25-43(47)45-32-33-46-44-26-11-14-29-50(44)62(54(46)53(45)58)42-24-16-23-41(35-42)57-60-55(38-19-6-2-7-20-38)59-56(61-57)39-21-8-3-9-22-39/h1-36H.